The fraction of sp³-hybridized carbons (Fsp3) is 0.176. The summed E-state index contributed by atoms with van der Waals surface area (Å²) in [6.07, 6.45) is 0. The van der Waals surface area contributed by atoms with Gasteiger partial charge in [0.1, 0.15) is 0 Å². The van der Waals surface area contributed by atoms with Crippen molar-refractivity contribution >= 4 is 23.4 Å². The first-order valence-electron chi connectivity index (χ1n) is 7.47. The van der Waals surface area contributed by atoms with Crippen LogP contribution in [0.4, 0.5) is 5.69 Å². The molecule has 0 bridgehead atoms. The maximum atomic E-state index is 12.2. The van der Waals surface area contributed by atoms with Gasteiger partial charge in [0.2, 0.25) is 11.1 Å². The minimum atomic E-state index is -0.0884. The minimum absolute atomic E-state index is 0.0884. The monoisotopic (exact) mass is 339 g/mol. The van der Waals surface area contributed by atoms with Crippen LogP contribution in [0.3, 0.4) is 0 Å². The highest BCUT2D eigenvalue weighted by molar-refractivity contribution is 7.99. The molecule has 0 fully saturated rings. The number of hydrogen-bond donors (Lipinski definition) is 1. The van der Waals surface area contributed by atoms with Crippen molar-refractivity contribution in [2.45, 2.75) is 19.0 Å². The first-order valence-corrected chi connectivity index (χ1v) is 8.46. The van der Waals surface area contributed by atoms with E-state index in [1.807, 2.05) is 62.4 Å². The van der Waals surface area contributed by atoms with Gasteiger partial charge in [-0.2, -0.15) is 4.68 Å². The van der Waals surface area contributed by atoms with E-state index in [0.29, 0.717) is 5.16 Å². The molecule has 7 heteroatoms. The molecular formula is C17H17N5OS. The number of nitrogens with zero attached hydrogens (tertiary/aromatic N) is 4. The van der Waals surface area contributed by atoms with Gasteiger partial charge in [-0.25, -0.2) is 0 Å². The fourth-order valence-electron chi connectivity index (χ4n) is 2.27. The molecule has 3 aromatic rings. The number of tetrazole rings is 1. The number of aryl methyl sites for hydroxylation is 2. The molecule has 0 radical (unpaired) electrons. The molecule has 0 aliphatic carbocycles. The Morgan fingerprint density at radius 1 is 1.17 bits per heavy atom. The minimum Gasteiger partial charge on any atom is -0.325 e. The SMILES string of the molecule is Cc1ccc(NC(=O)CSc2nnnn2-c2ccccc2)c(C)c1. The molecule has 0 saturated carbocycles. The molecule has 6 nitrogen and oxygen atoms in total. The van der Waals surface area contributed by atoms with Gasteiger partial charge in [0.15, 0.2) is 0 Å². The second-order valence-electron chi connectivity index (χ2n) is 5.36. The van der Waals surface area contributed by atoms with Crippen LogP contribution >= 0.6 is 11.8 Å². The smallest absolute Gasteiger partial charge is 0.234 e. The van der Waals surface area contributed by atoms with Crippen LogP contribution < -0.4 is 5.32 Å². The van der Waals surface area contributed by atoms with Crippen LogP contribution in [0.5, 0.6) is 0 Å². The summed E-state index contributed by atoms with van der Waals surface area (Å²) < 4.78 is 1.62. The number of hydrogen-bond acceptors (Lipinski definition) is 5. The first kappa shape index (κ1) is 16.2. The molecule has 0 aliphatic rings. The van der Waals surface area contributed by atoms with Crippen molar-refractivity contribution in [1.29, 1.82) is 0 Å². The van der Waals surface area contributed by atoms with Crippen molar-refractivity contribution in [2.75, 3.05) is 11.1 Å². The van der Waals surface area contributed by atoms with Crippen LogP contribution in [0, 0.1) is 13.8 Å². The van der Waals surface area contributed by atoms with Crippen LogP contribution in [0.25, 0.3) is 5.69 Å². The second kappa shape index (κ2) is 7.27. The predicted molar refractivity (Wildman–Crippen MR) is 94.4 cm³/mol. The molecule has 122 valence electrons. The largest absolute Gasteiger partial charge is 0.325 e. The topological polar surface area (TPSA) is 72.7 Å². The number of para-hydroxylation sites is 1. The second-order valence-corrected chi connectivity index (χ2v) is 6.31. The lowest BCUT2D eigenvalue weighted by Crippen LogP contribution is -2.15. The molecule has 0 aliphatic heterocycles. The number of nitrogens with one attached hydrogen (secondary N) is 1. The van der Waals surface area contributed by atoms with Crippen molar-refractivity contribution < 1.29 is 4.79 Å². The number of rotatable bonds is 5. The Kier molecular flexibility index (Phi) is 4.90. The average molecular weight is 339 g/mol. The van der Waals surface area contributed by atoms with Crippen LogP contribution in [-0.2, 0) is 4.79 Å². The Hall–Kier alpha value is -2.67. The number of carbonyl (C=O) groups excluding carboxylic acids is 1. The van der Waals surface area contributed by atoms with E-state index in [-0.39, 0.29) is 11.7 Å². The third-order valence-corrected chi connectivity index (χ3v) is 4.35. The Morgan fingerprint density at radius 3 is 2.71 bits per heavy atom. The summed E-state index contributed by atoms with van der Waals surface area (Å²) in [5, 5.41) is 15.2. The zero-order chi connectivity index (χ0) is 16.9. The third-order valence-electron chi connectivity index (χ3n) is 3.43. The summed E-state index contributed by atoms with van der Waals surface area (Å²) in [6.45, 7) is 4.00. The standard InChI is InChI=1S/C17H17N5OS/c1-12-8-9-15(13(2)10-12)18-16(23)11-24-17-19-20-21-22(17)14-6-4-3-5-7-14/h3-10H,11H2,1-2H3,(H,18,23). The van der Waals surface area contributed by atoms with Gasteiger partial charge in [-0.1, -0.05) is 47.7 Å². The molecular weight excluding hydrogens is 322 g/mol. The summed E-state index contributed by atoms with van der Waals surface area (Å²) in [5.41, 5.74) is 3.90. The van der Waals surface area contributed by atoms with E-state index in [1.54, 1.807) is 4.68 Å². The third kappa shape index (κ3) is 3.80. The van der Waals surface area contributed by atoms with Crippen molar-refractivity contribution in [3.63, 3.8) is 0 Å². The maximum Gasteiger partial charge on any atom is 0.234 e. The number of benzene rings is 2. The van der Waals surface area contributed by atoms with E-state index in [1.165, 1.54) is 17.3 Å². The van der Waals surface area contributed by atoms with Gasteiger partial charge in [0, 0.05) is 5.69 Å². The van der Waals surface area contributed by atoms with Crippen LogP contribution in [-0.4, -0.2) is 31.9 Å². The van der Waals surface area contributed by atoms with Gasteiger partial charge >= 0.3 is 0 Å². The summed E-state index contributed by atoms with van der Waals surface area (Å²) in [7, 11) is 0. The van der Waals surface area contributed by atoms with E-state index < -0.39 is 0 Å². The van der Waals surface area contributed by atoms with Crippen LogP contribution in [0.1, 0.15) is 11.1 Å². The van der Waals surface area contributed by atoms with E-state index in [0.717, 1.165) is 16.9 Å². The zero-order valence-corrected chi connectivity index (χ0v) is 14.2. The highest BCUT2D eigenvalue weighted by atomic mass is 32.2. The highest BCUT2D eigenvalue weighted by Crippen LogP contribution is 2.20. The quantitative estimate of drug-likeness (QED) is 0.724. The average Bonchev–Trinajstić information content (AvgIpc) is 3.05. The number of carbonyl (C=O) groups is 1. The summed E-state index contributed by atoms with van der Waals surface area (Å²) in [5.74, 6) is 0.148. The van der Waals surface area contributed by atoms with E-state index in [9.17, 15) is 4.79 Å². The van der Waals surface area contributed by atoms with Crippen LogP contribution in [0.15, 0.2) is 53.7 Å². The molecule has 0 spiro atoms. The predicted octanol–water partition coefficient (Wildman–Crippen LogP) is 3.01. The molecule has 2 aromatic carbocycles. The van der Waals surface area contributed by atoms with Crippen molar-refractivity contribution in [3.8, 4) is 5.69 Å². The molecule has 1 aromatic heterocycles. The van der Waals surface area contributed by atoms with Gasteiger partial charge < -0.3 is 5.32 Å². The summed E-state index contributed by atoms with van der Waals surface area (Å²) in [6, 6.07) is 15.5. The van der Waals surface area contributed by atoms with Crippen LogP contribution in [0.2, 0.25) is 0 Å². The molecule has 0 saturated heterocycles. The lowest BCUT2D eigenvalue weighted by atomic mass is 10.1. The van der Waals surface area contributed by atoms with Gasteiger partial charge in [-0.3, -0.25) is 4.79 Å². The molecule has 0 atom stereocenters. The number of amides is 1. The lowest BCUT2D eigenvalue weighted by Gasteiger charge is -2.09. The number of thioether (sulfide) groups is 1. The summed E-state index contributed by atoms with van der Waals surface area (Å²) in [4.78, 5) is 12.2. The Balaban J connectivity index is 1.64. The lowest BCUT2D eigenvalue weighted by molar-refractivity contribution is -0.113. The molecule has 1 amide bonds. The van der Waals surface area contributed by atoms with E-state index in [2.05, 4.69) is 20.8 Å². The Bertz CT molecular complexity index is 847. The first-order chi connectivity index (χ1) is 11.6. The number of aromatic nitrogens is 4. The summed E-state index contributed by atoms with van der Waals surface area (Å²) >= 11 is 1.30. The molecule has 1 heterocycles. The van der Waals surface area contributed by atoms with Gasteiger partial charge in [0.05, 0.1) is 11.4 Å². The Labute approximate surface area is 144 Å². The maximum absolute atomic E-state index is 12.2. The van der Waals surface area contributed by atoms with Gasteiger partial charge in [0.25, 0.3) is 0 Å². The zero-order valence-electron chi connectivity index (χ0n) is 13.4. The highest BCUT2D eigenvalue weighted by Gasteiger charge is 2.12. The van der Waals surface area contributed by atoms with Crippen molar-refractivity contribution in [3.05, 3.63) is 59.7 Å². The van der Waals surface area contributed by atoms with Gasteiger partial charge in [-0.05, 0) is 48.0 Å². The number of anilines is 1. The van der Waals surface area contributed by atoms with E-state index >= 15 is 0 Å². The molecule has 0 unspecified atom stereocenters. The molecule has 1 N–H and O–H groups in total. The molecule has 3 rings (SSSR count). The normalized spacial score (nSPS) is 10.6. The van der Waals surface area contributed by atoms with E-state index in [4.69, 9.17) is 0 Å². The van der Waals surface area contributed by atoms with Gasteiger partial charge in [-0.15, -0.1) is 5.10 Å². The van der Waals surface area contributed by atoms with Crippen molar-refractivity contribution in [1.82, 2.24) is 20.2 Å². The van der Waals surface area contributed by atoms with Crippen molar-refractivity contribution in [2.24, 2.45) is 0 Å². The fourth-order valence-corrected chi connectivity index (χ4v) is 2.96. The molecule has 24 heavy (non-hydrogen) atoms. The Morgan fingerprint density at radius 2 is 1.96 bits per heavy atom.